The number of hydrogen-bond donors (Lipinski definition) is 0. The molecule has 6 heterocycles. The first kappa shape index (κ1) is 30.4. The van der Waals surface area contributed by atoms with Gasteiger partial charge in [0.1, 0.15) is 0 Å². The summed E-state index contributed by atoms with van der Waals surface area (Å²) < 4.78 is 5.09. The highest BCUT2D eigenvalue weighted by Gasteiger charge is 2.45. The van der Waals surface area contributed by atoms with E-state index in [-0.39, 0.29) is 6.71 Å². The summed E-state index contributed by atoms with van der Waals surface area (Å²) in [6.07, 6.45) is 0. The molecule has 0 fully saturated rings. The van der Waals surface area contributed by atoms with Crippen molar-refractivity contribution in [3.63, 3.8) is 0 Å². The molecule has 9 aromatic carbocycles. The van der Waals surface area contributed by atoms with Gasteiger partial charge < -0.3 is 18.6 Å². The van der Waals surface area contributed by atoms with Gasteiger partial charge in [0.15, 0.2) is 0 Å². The number of para-hydroxylation sites is 6. The van der Waals surface area contributed by atoms with Crippen LogP contribution in [0.25, 0.3) is 76.2 Å². The van der Waals surface area contributed by atoms with Gasteiger partial charge in [0.2, 0.25) is 0 Å². The molecular formula is C54H31BN4. The molecule has 0 aliphatic carbocycles. The van der Waals surface area contributed by atoms with Crippen LogP contribution in [0.1, 0.15) is 0 Å². The van der Waals surface area contributed by atoms with Crippen LogP contribution >= 0.6 is 0 Å². The van der Waals surface area contributed by atoms with Crippen LogP contribution in [0.5, 0.6) is 0 Å². The lowest BCUT2D eigenvalue weighted by atomic mass is 9.33. The van der Waals surface area contributed by atoms with Crippen molar-refractivity contribution >= 4 is 133 Å². The van der Waals surface area contributed by atoms with Crippen LogP contribution in [0.2, 0.25) is 0 Å². The van der Waals surface area contributed by atoms with E-state index < -0.39 is 0 Å². The molecule has 0 spiro atoms. The van der Waals surface area contributed by atoms with Crippen LogP contribution in [0.3, 0.4) is 0 Å². The Labute approximate surface area is 338 Å². The fraction of sp³-hybridized carbons (Fsp3) is 0. The molecular weight excluding hydrogens is 715 g/mol. The minimum Gasteiger partial charge on any atom is -0.311 e. The van der Waals surface area contributed by atoms with Gasteiger partial charge in [-0.1, -0.05) is 133 Å². The normalized spacial score (nSPS) is 13.7. The van der Waals surface area contributed by atoms with E-state index in [0.29, 0.717) is 0 Å². The molecule has 13 aromatic rings. The molecule has 0 radical (unpaired) electrons. The summed E-state index contributed by atoms with van der Waals surface area (Å²) in [6.45, 7) is -0.0151. The van der Waals surface area contributed by atoms with E-state index in [1.54, 1.807) is 0 Å². The Hall–Kier alpha value is -7.76. The Morgan fingerprint density at radius 1 is 0.305 bits per heavy atom. The standard InChI is InChI=1S/C54H31BN4/c1-3-14-32(15-4-1)56-46-26-13-27-47-50(46)55(43-30-41-39-23-12-20-36-34-18-7-9-24-44(34)58(51(36)39)48(41)31-49(43)56)42-29-28-40-38-22-11-21-37-35-19-8-10-25-45(35)59(52(37)38)53(40)54(42)57(47)33-16-5-2-6-17-33/h1-31H. The Bertz CT molecular complexity index is 3920. The van der Waals surface area contributed by atoms with Crippen LogP contribution in [0.15, 0.2) is 188 Å². The molecule has 4 aromatic heterocycles. The van der Waals surface area contributed by atoms with Crippen molar-refractivity contribution in [2.45, 2.75) is 0 Å². The summed E-state index contributed by atoms with van der Waals surface area (Å²) in [7, 11) is 0. The van der Waals surface area contributed by atoms with Crippen molar-refractivity contribution in [2.24, 2.45) is 0 Å². The zero-order chi connectivity index (χ0) is 38.1. The Kier molecular flexibility index (Phi) is 5.46. The number of aromatic nitrogens is 2. The lowest BCUT2D eigenvalue weighted by Crippen LogP contribution is -2.61. The SMILES string of the molecule is c1ccc(N2c3cc4c(cc3B3c5ccc6c7cccc8c9ccccc9n(c6c5N(c5ccccc5)c5cccc2c53)c87)c2cccc3c5ccccc5n4c32)cc1. The predicted octanol–water partition coefficient (Wildman–Crippen LogP) is 12.1. The number of anilines is 6. The summed E-state index contributed by atoms with van der Waals surface area (Å²) in [6, 6.07) is 70.4. The number of rotatable bonds is 2. The van der Waals surface area contributed by atoms with E-state index in [4.69, 9.17) is 0 Å². The largest absolute Gasteiger partial charge is 0.311 e. The monoisotopic (exact) mass is 746 g/mol. The van der Waals surface area contributed by atoms with Gasteiger partial charge in [-0.3, -0.25) is 0 Å². The van der Waals surface area contributed by atoms with E-state index in [0.717, 1.165) is 11.4 Å². The van der Waals surface area contributed by atoms with Gasteiger partial charge in [-0.05, 0) is 71.0 Å². The lowest BCUT2D eigenvalue weighted by Gasteiger charge is -2.44. The summed E-state index contributed by atoms with van der Waals surface area (Å²) in [4.78, 5) is 5.09. The maximum absolute atomic E-state index is 2.57. The second-order valence-electron chi connectivity index (χ2n) is 16.4. The summed E-state index contributed by atoms with van der Waals surface area (Å²) >= 11 is 0. The van der Waals surface area contributed by atoms with Gasteiger partial charge in [-0.2, -0.15) is 0 Å². The van der Waals surface area contributed by atoms with Crippen LogP contribution in [-0.4, -0.2) is 15.5 Å². The van der Waals surface area contributed by atoms with Crippen LogP contribution in [-0.2, 0) is 0 Å². The molecule has 59 heavy (non-hydrogen) atoms. The van der Waals surface area contributed by atoms with E-state index >= 15 is 0 Å². The molecule has 0 unspecified atom stereocenters. The van der Waals surface area contributed by atoms with Gasteiger partial charge >= 0.3 is 0 Å². The maximum atomic E-state index is 2.57. The molecule has 0 bridgehead atoms. The van der Waals surface area contributed by atoms with Crippen LogP contribution in [0, 0.1) is 0 Å². The molecule has 0 saturated carbocycles. The molecule has 4 nitrogen and oxygen atoms in total. The first-order chi connectivity index (χ1) is 29.3. The fourth-order valence-corrected chi connectivity index (χ4v) is 11.5. The second-order valence-corrected chi connectivity index (χ2v) is 16.4. The highest BCUT2D eigenvalue weighted by Crippen LogP contribution is 2.50. The number of fused-ring (bicyclic) bond motifs is 17. The maximum Gasteiger partial charge on any atom is 0.252 e. The highest BCUT2D eigenvalue weighted by atomic mass is 15.2. The third-order valence-electron chi connectivity index (χ3n) is 13.7. The molecule has 270 valence electrons. The molecule has 0 N–H and O–H groups in total. The number of nitrogens with zero attached hydrogens (tertiary/aromatic N) is 4. The summed E-state index contributed by atoms with van der Waals surface area (Å²) in [5.41, 5.74) is 18.8. The highest BCUT2D eigenvalue weighted by molar-refractivity contribution is 7.00. The van der Waals surface area contributed by atoms with Crippen LogP contribution < -0.4 is 26.2 Å². The lowest BCUT2D eigenvalue weighted by molar-refractivity contribution is 1.25. The van der Waals surface area contributed by atoms with Gasteiger partial charge in [-0.25, -0.2) is 0 Å². The van der Waals surface area contributed by atoms with E-state index in [9.17, 15) is 0 Å². The van der Waals surface area contributed by atoms with Gasteiger partial charge in [-0.15, -0.1) is 0 Å². The molecule has 5 heteroatoms. The minimum atomic E-state index is -0.0151. The van der Waals surface area contributed by atoms with E-state index in [1.165, 1.54) is 115 Å². The fourth-order valence-electron chi connectivity index (χ4n) is 11.5. The molecule has 0 amide bonds. The van der Waals surface area contributed by atoms with Gasteiger partial charge in [0, 0.05) is 71.5 Å². The quantitative estimate of drug-likeness (QED) is 0.164. The van der Waals surface area contributed by atoms with Crippen molar-refractivity contribution in [1.29, 1.82) is 0 Å². The van der Waals surface area contributed by atoms with E-state index in [2.05, 4.69) is 207 Å². The van der Waals surface area contributed by atoms with E-state index in [1.807, 2.05) is 0 Å². The van der Waals surface area contributed by atoms with Crippen molar-refractivity contribution in [2.75, 3.05) is 9.80 Å². The Balaban J connectivity index is 1.14. The average molecular weight is 747 g/mol. The predicted molar refractivity (Wildman–Crippen MR) is 250 cm³/mol. The van der Waals surface area contributed by atoms with Crippen molar-refractivity contribution in [3.8, 4) is 0 Å². The molecule has 0 atom stereocenters. The van der Waals surface area contributed by atoms with Crippen molar-refractivity contribution < 1.29 is 0 Å². The zero-order valence-electron chi connectivity index (χ0n) is 31.8. The Morgan fingerprint density at radius 3 is 1.51 bits per heavy atom. The molecule has 0 saturated heterocycles. The van der Waals surface area contributed by atoms with Crippen molar-refractivity contribution in [1.82, 2.24) is 8.80 Å². The molecule has 2 aliphatic rings. The first-order valence-electron chi connectivity index (χ1n) is 20.6. The third-order valence-corrected chi connectivity index (χ3v) is 13.7. The topological polar surface area (TPSA) is 15.3 Å². The minimum absolute atomic E-state index is 0.0151. The van der Waals surface area contributed by atoms with Crippen molar-refractivity contribution in [3.05, 3.63) is 188 Å². The summed E-state index contributed by atoms with van der Waals surface area (Å²) in [5, 5.41) is 10.4. The number of hydrogen-bond acceptors (Lipinski definition) is 2. The summed E-state index contributed by atoms with van der Waals surface area (Å²) in [5.74, 6) is 0. The van der Waals surface area contributed by atoms with Gasteiger partial charge in [0.05, 0.1) is 38.8 Å². The molecule has 15 rings (SSSR count). The molecule has 2 aliphatic heterocycles. The number of benzene rings is 9. The average Bonchev–Trinajstić information content (AvgIpc) is 4.03. The Morgan fingerprint density at radius 2 is 0.814 bits per heavy atom. The van der Waals surface area contributed by atoms with Gasteiger partial charge in [0.25, 0.3) is 6.71 Å². The first-order valence-corrected chi connectivity index (χ1v) is 20.6. The zero-order valence-corrected chi connectivity index (χ0v) is 31.8. The third kappa shape index (κ3) is 3.56. The second kappa shape index (κ2) is 10.6. The smallest absolute Gasteiger partial charge is 0.252 e. The van der Waals surface area contributed by atoms with Crippen LogP contribution in [0.4, 0.5) is 34.1 Å².